The van der Waals surface area contributed by atoms with Crippen molar-refractivity contribution in [1.82, 2.24) is 4.98 Å². The van der Waals surface area contributed by atoms with E-state index in [0.29, 0.717) is 31.2 Å². The van der Waals surface area contributed by atoms with Crippen LogP contribution in [0, 0.1) is 0 Å². The van der Waals surface area contributed by atoms with Gasteiger partial charge in [-0.3, -0.25) is 0 Å². The predicted molar refractivity (Wildman–Crippen MR) is 62.4 cm³/mol. The number of aromatic nitrogens is 1. The van der Waals surface area contributed by atoms with Gasteiger partial charge in [0.1, 0.15) is 0 Å². The van der Waals surface area contributed by atoms with E-state index in [1.54, 1.807) is 0 Å². The summed E-state index contributed by atoms with van der Waals surface area (Å²) in [5.41, 5.74) is 0.137. The van der Waals surface area contributed by atoms with Gasteiger partial charge in [-0.05, 0) is 6.92 Å². The Morgan fingerprint density at radius 3 is 2.53 bits per heavy atom. The summed E-state index contributed by atoms with van der Waals surface area (Å²) >= 11 is 0. The molecule has 0 aliphatic rings. The smallest absolute Gasteiger partial charge is 0.373 e. The molecular weight excluding hydrogens is 222 g/mol. The van der Waals surface area contributed by atoms with Crippen LogP contribution in [0.15, 0.2) is 4.42 Å². The highest BCUT2D eigenvalue weighted by Gasteiger charge is 2.28. The van der Waals surface area contributed by atoms with E-state index >= 15 is 0 Å². The van der Waals surface area contributed by atoms with Crippen LogP contribution in [0.5, 0.6) is 0 Å². The van der Waals surface area contributed by atoms with Crippen molar-refractivity contribution in [2.45, 2.75) is 39.5 Å². The van der Waals surface area contributed by atoms with Gasteiger partial charge in [0, 0.05) is 18.4 Å². The van der Waals surface area contributed by atoms with Crippen LogP contribution in [0.25, 0.3) is 0 Å². The number of carboxylic acid groups (broad SMARTS) is 1. The quantitative estimate of drug-likeness (QED) is 0.800. The van der Waals surface area contributed by atoms with Gasteiger partial charge in [0.25, 0.3) is 0 Å². The van der Waals surface area contributed by atoms with E-state index in [4.69, 9.17) is 14.3 Å². The van der Waals surface area contributed by atoms with E-state index in [-0.39, 0.29) is 11.2 Å². The molecule has 0 atom stereocenters. The van der Waals surface area contributed by atoms with Crippen LogP contribution < -0.4 is 0 Å². The van der Waals surface area contributed by atoms with Gasteiger partial charge in [0.2, 0.25) is 5.76 Å². The maximum Gasteiger partial charge on any atom is 0.373 e. The molecule has 0 bridgehead atoms. The van der Waals surface area contributed by atoms with E-state index in [1.165, 1.54) is 0 Å². The summed E-state index contributed by atoms with van der Waals surface area (Å²) in [5.74, 6) is -0.727. The van der Waals surface area contributed by atoms with Crippen LogP contribution in [0.1, 0.15) is 49.8 Å². The molecule has 1 aromatic rings. The van der Waals surface area contributed by atoms with Crippen LogP contribution in [0.4, 0.5) is 0 Å². The Kier molecular flexibility index (Phi) is 4.28. The molecule has 0 spiro atoms. The molecule has 17 heavy (non-hydrogen) atoms. The average Bonchev–Trinajstić information content (AvgIpc) is 2.62. The molecule has 1 heterocycles. The van der Waals surface area contributed by atoms with Gasteiger partial charge in [-0.15, -0.1) is 0 Å². The first kappa shape index (κ1) is 13.7. The summed E-state index contributed by atoms with van der Waals surface area (Å²) in [6.07, 6.45) is 0.490. The maximum atomic E-state index is 11.0. The molecule has 0 radical (unpaired) electrons. The first-order valence-corrected chi connectivity index (χ1v) is 5.67. The zero-order valence-electron chi connectivity index (χ0n) is 10.7. The first-order chi connectivity index (χ1) is 7.86. The Bertz CT molecular complexity index is 390. The van der Waals surface area contributed by atoms with Crippen molar-refractivity contribution in [1.29, 1.82) is 0 Å². The summed E-state index contributed by atoms with van der Waals surface area (Å²) < 4.78 is 10.4. The summed E-state index contributed by atoms with van der Waals surface area (Å²) in [6, 6.07) is 0. The van der Waals surface area contributed by atoms with Crippen molar-refractivity contribution < 1.29 is 19.1 Å². The summed E-state index contributed by atoms with van der Waals surface area (Å²) in [7, 11) is 0. The Morgan fingerprint density at radius 1 is 1.47 bits per heavy atom. The van der Waals surface area contributed by atoms with Crippen molar-refractivity contribution in [3.63, 3.8) is 0 Å². The molecule has 1 rings (SSSR count). The molecule has 0 saturated carbocycles. The molecule has 0 fully saturated rings. The van der Waals surface area contributed by atoms with Crippen LogP contribution >= 0.6 is 0 Å². The normalized spacial score (nSPS) is 11.8. The van der Waals surface area contributed by atoms with E-state index < -0.39 is 5.97 Å². The molecule has 1 N–H and O–H groups in total. The van der Waals surface area contributed by atoms with Crippen LogP contribution in [0.3, 0.4) is 0 Å². The highest BCUT2D eigenvalue weighted by Crippen LogP contribution is 2.26. The standard InChI is InChI=1S/C12H19NO4/c1-5-16-7-6-8-13-10(12(2,3)4)9(17-8)11(14)15/h5-7H2,1-4H3,(H,14,15). The van der Waals surface area contributed by atoms with Crippen LogP contribution in [-0.2, 0) is 16.6 Å². The van der Waals surface area contributed by atoms with Crippen molar-refractivity contribution in [3.05, 3.63) is 17.3 Å². The first-order valence-electron chi connectivity index (χ1n) is 5.67. The summed E-state index contributed by atoms with van der Waals surface area (Å²) in [5, 5.41) is 9.05. The van der Waals surface area contributed by atoms with E-state index in [9.17, 15) is 4.79 Å². The zero-order valence-corrected chi connectivity index (χ0v) is 10.7. The van der Waals surface area contributed by atoms with Gasteiger partial charge in [-0.2, -0.15) is 0 Å². The monoisotopic (exact) mass is 241 g/mol. The van der Waals surface area contributed by atoms with Gasteiger partial charge < -0.3 is 14.3 Å². The van der Waals surface area contributed by atoms with Gasteiger partial charge in [-0.25, -0.2) is 9.78 Å². The summed E-state index contributed by atoms with van der Waals surface area (Å²) in [4.78, 5) is 15.3. The number of oxazole rings is 1. The second-order valence-corrected chi connectivity index (χ2v) is 4.79. The van der Waals surface area contributed by atoms with Crippen molar-refractivity contribution in [2.75, 3.05) is 13.2 Å². The topological polar surface area (TPSA) is 72.6 Å². The third-order valence-electron chi connectivity index (χ3n) is 2.24. The molecular formula is C12H19NO4. The maximum absolute atomic E-state index is 11.0. The van der Waals surface area contributed by atoms with Crippen LogP contribution in [0.2, 0.25) is 0 Å². The third kappa shape index (κ3) is 3.56. The fourth-order valence-corrected chi connectivity index (χ4v) is 1.43. The fraction of sp³-hybridized carbons (Fsp3) is 0.667. The average molecular weight is 241 g/mol. The Morgan fingerprint density at radius 2 is 2.12 bits per heavy atom. The lowest BCUT2D eigenvalue weighted by molar-refractivity contribution is 0.0655. The molecule has 0 saturated heterocycles. The third-order valence-corrected chi connectivity index (χ3v) is 2.24. The molecule has 0 amide bonds. The molecule has 96 valence electrons. The van der Waals surface area contributed by atoms with E-state index in [1.807, 2.05) is 27.7 Å². The molecule has 0 aromatic carbocycles. The number of hydrogen-bond acceptors (Lipinski definition) is 4. The van der Waals surface area contributed by atoms with Crippen molar-refractivity contribution in [2.24, 2.45) is 0 Å². The lowest BCUT2D eigenvalue weighted by atomic mass is 9.91. The number of hydrogen-bond donors (Lipinski definition) is 1. The largest absolute Gasteiger partial charge is 0.475 e. The van der Waals surface area contributed by atoms with E-state index in [0.717, 1.165) is 0 Å². The van der Waals surface area contributed by atoms with Crippen molar-refractivity contribution >= 4 is 5.97 Å². The lowest BCUT2D eigenvalue weighted by Crippen LogP contribution is -2.16. The number of rotatable bonds is 5. The highest BCUT2D eigenvalue weighted by molar-refractivity contribution is 5.86. The molecule has 5 nitrogen and oxygen atoms in total. The minimum atomic E-state index is -1.08. The highest BCUT2D eigenvalue weighted by atomic mass is 16.5. The second kappa shape index (κ2) is 5.31. The SMILES string of the molecule is CCOCCc1nc(C(C)(C)C)c(C(=O)O)o1. The Balaban J connectivity index is 2.93. The predicted octanol–water partition coefficient (Wildman–Crippen LogP) is 2.25. The van der Waals surface area contributed by atoms with Gasteiger partial charge in [0.05, 0.1) is 12.3 Å². The number of aromatic carboxylic acids is 1. The summed E-state index contributed by atoms with van der Waals surface area (Å²) in [6.45, 7) is 8.73. The van der Waals surface area contributed by atoms with Crippen molar-refractivity contribution in [3.8, 4) is 0 Å². The number of carboxylic acids is 1. The van der Waals surface area contributed by atoms with Crippen LogP contribution in [-0.4, -0.2) is 29.3 Å². The van der Waals surface area contributed by atoms with E-state index in [2.05, 4.69) is 4.98 Å². The molecule has 1 aromatic heterocycles. The molecule has 0 aliphatic carbocycles. The fourth-order valence-electron chi connectivity index (χ4n) is 1.43. The van der Waals surface area contributed by atoms with Gasteiger partial charge >= 0.3 is 5.97 Å². The second-order valence-electron chi connectivity index (χ2n) is 4.79. The molecule has 0 unspecified atom stereocenters. The Labute approximate surface area is 101 Å². The Hall–Kier alpha value is -1.36. The number of nitrogens with zero attached hydrogens (tertiary/aromatic N) is 1. The number of ether oxygens (including phenoxy) is 1. The molecule has 0 aliphatic heterocycles. The molecule has 5 heteroatoms. The number of carbonyl (C=O) groups is 1. The lowest BCUT2D eigenvalue weighted by Gasteiger charge is -2.14. The minimum Gasteiger partial charge on any atom is -0.475 e. The minimum absolute atomic E-state index is 0.0657. The van der Waals surface area contributed by atoms with Gasteiger partial charge in [0.15, 0.2) is 5.89 Å². The van der Waals surface area contributed by atoms with Gasteiger partial charge in [-0.1, -0.05) is 20.8 Å². The zero-order chi connectivity index (χ0) is 13.1.